The highest BCUT2D eigenvalue weighted by Crippen LogP contribution is 2.19. The normalized spacial score (nSPS) is 20.1. The van der Waals surface area contributed by atoms with Crippen LogP contribution in [0.3, 0.4) is 0 Å². The molecule has 0 saturated carbocycles. The van der Waals surface area contributed by atoms with Crippen LogP contribution < -0.4 is 0 Å². The van der Waals surface area contributed by atoms with Gasteiger partial charge in [-0.25, -0.2) is 13.4 Å². The minimum Gasteiger partial charge on any atom is -0.375 e. The van der Waals surface area contributed by atoms with Crippen LogP contribution in [0.4, 0.5) is 0 Å². The summed E-state index contributed by atoms with van der Waals surface area (Å²) in [5.74, 6) is 0. The molecule has 0 bridgehead atoms. The van der Waals surface area contributed by atoms with Gasteiger partial charge in [-0.15, -0.1) is 0 Å². The number of hydrogen-bond acceptors (Lipinski definition) is 4. The number of rotatable bonds is 4. The Kier molecular flexibility index (Phi) is 4.28. The number of aryl methyl sites for hydroxylation is 1. The van der Waals surface area contributed by atoms with Crippen LogP contribution in [0, 0.1) is 0 Å². The van der Waals surface area contributed by atoms with Crippen molar-refractivity contribution in [3.63, 3.8) is 0 Å². The van der Waals surface area contributed by atoms with Gasteiger partial charge in [-0.05, 0) is 12.0 Å². The van der Waals surface area contributed by atoms with E-state index in [1.165, 1.54) is 16.8 Å². The molecule has 0 N–H and O–H groups in total. The van der Waals surface area contributed by atoms with Crippen LogP contribution >= 0.6 is 0 Å². The van der Waals surface area contributed by atoms with Crippen LogP contribution in [0.15, 0.2) is 47.9 Å². The molecule has 1 saturated heterocycles. The highest BCUT2D eigenvalue weighted by Gasteiger charge is 2.32. The first-order chi connectivity index (χ1) is 10.6. The highest BCUT2D eigenvalue weighted by molar-refractivity contribution is 7.89. The molecule has 0 radical (unpaired) electrons. The average molecular weight is 321 g/mol. The van der Waals surface area contributed by atoms with Crippen LogP contribution in [0.2, 0.25) is 0 Å². The van der Waals surface area contributed by atoms with E-state index in [1.807, 2.05) is 30.3 Å². The van der Waals surface area contributed by atoms with Gasteiger partial charge in [0.05, 0.1) is 19.0 Å². The number of ether oxygens (including phenoxy) is 1. The standard InChI is InChI=1S/C15H19N3O3S/c1-17-11-15(16-12-17)22(19,20)18-7-8-21-14(10-18)9-13-5-3-2-4-6-13/h2-6,11-12,14H,7-10H2,1H3/t14-/m0/s1. The Morgan fingerprint density at radius 1 is 1.32 bits per heavy atom. The predicted molar refractivity (Wildman–Crippen MR) is 81.9 cm³/mol. The van der Waals surface area contributed by atoms with Gasteiger partial charge in [0.1, 0.15) is 0 Å². The van der Waals surface area contributed by atoms with Crippen LogP contribution in [-0.2, 0) is 28.2 Å². The molecule has 0 aliphatic carbocycles. The minimum absolute atomic E-state index is 0.0929. The summed E-state index contributed by atoms with van der Waals surface area (Å²) < 4.78 is 34.0. The Hall–Kier alpha value is -1.70. The van der Waals surface area contributed by atoms with Crippen molar-refractivity contribution < 1.29 is 13.2 Å². The summed E-state index contributed by atoms with van der Waals surface area (Å²) in [4.78, 5) is 3.96. The summed E-state index contributed by atoms with van der Waals surface area (Å²) in [6.07, 6.45) is 3.59. The van der Waals surface area contributed by atoms with Gasteiger partial charge < -0.3 is 9.30 Å². The Morgan fingerprint density at radius 3 is 2.77 bits per heavy atom. The van der Waals surface area contributed by atoms with E-state index in [0.717, 1.165) is 5.56 Å². The lowest BCUT2D eigenvalue weighted by Gasteiger charge is -2.31. The number of hydrogen-bond donors (Lipinski definition) is 0. The molecule has 0 amide bonds. The van der Waals surface area contributed by atoms with Crippen molar-refractivity contribution in [2.45, 2.75) is 17.6 Å². The van der Waals surface area contributed by atoms with Crippen LogP contribution in [0.25, 0.3) is 0 Å². The van der Waals surface area contributed by atoms with Gasteiger partial charge in [0.2, 0.25) is 0 Å². The predicted octanol–water partition coefficient (Wildman–Crippen LogP) is 1.05. The molecule has 0 spiro atoms. The zero-order valence-corrected chi connectivity index (χ0v) is 13.2. The summed E-state index contributed by atoms with van der Waals surface area (Å²) in [6.45, 7) is 1.13. The Morgan fingerprint density at radius 2 is 2.09 bits per heavy atom. The Labute approximate surface area is 130 Å². The second-order valence-electron chi connectivity index (χ2n) is 5.42. The third-order valence-electron chi connectivity index (χ3n) is 3.69. The SMILES string of the molecule is Cn1cnc(S(=O)(=O)N2CCO[C@@H](Cc3ccccc3)C2)c1. The quantitative estimate of drug-likeness (QED) is 0.844. The summed E-state index contributed by atoms with van der Waals surface area (Å²) in [6, 6.07) is 9.95. The summed E-state index contributed by atoms with van der Waals surface area (Å²) in [5.41, 5.74) is 1.14. The lowest BCUT2D eigenvalue weighted by atomic mass is 10.1. The van der Waals surface area contributed by atoms with Gasteiger partial charge in [-0.2, -0.15) is 4.31 Å². The van der Waals surface area contributed by atoms with Crippen molar-refractivity contribution in [1.82, 2.24) is 13.9 Å². The van der Waals surface area contributed by atoms with E-state index in [1.54, 1.807) is 11.6 Å². The Balaban J connectivity index is 1.73. The molecule has 1 aromatic heterocycles. The average Bonchev–Trinajstić information content (AvgIpc) is 2.96. The molecule has 1 atom stereocenters. The second kappa shape index (κ2) is 6.20. The smallest absolute Gasteiger partial charge is 0.262 e. The fourth-order valence-corrected chi connectivity index (χ4v) is 3.99. The first-order valence-electron chi connectivity index (χ1n) is 7.19. The molecule has 1 aliphatic rings. The van der Waals surface area contributed by atoms with E-state index in [0.29, 0.717) is 26.1 Å². The third kappa shape index (κ3) is 3.21. The molecule has 6 nitrogen and oxygen atoms in total. The molecule has 3 rings (SSSR count). The maximum Gasteiger partial charge on any atom is 0.262 e. The molecule has 2 heterocycles. The molecule has 1 aromatic carbocycles. The molecule has 2 aromatic rings. The van der Waals surface area contributed by atoms with Gasteiger partial charge >= 0.3 is 0 Å². The van der Waals surface area contributed by atoms with Gasteiger partial charge in [-0.1, -0.05) is 30.3 Å². The van der Waals surface area contributed by atoms with E-state index >= 15 is 0 Å². The molecular weight excluding hydrogens is 302 g/mol. The summed E-state index contributed by atoms with van der Waals surface area (Å²) in [7, 11) is -1.79. The number of aromatic nitrogens is 2. The van der Waals surface area contributed by atoms with E-state index in [4.69, 9.17) is 4.74 Å². The fraction of sp³-hybridized carbons (Fsp3) is 0.400. The maximum absolute atomic E-state index is 12.6. The van der Waals surface area contributed by atoms with Crippen LogP contribution in [0.1, 0.15) is 5.56 Å². The van der Waals surface area contributed by atoms with E-state index < -0.39 is 10.0 Å². The van der Waals surface area contributed by atoms with Crippen molar-refractivity contribution in [2.75, 3.05) is 19.7 Å². The highest BCUT2D eigenvalue weighted by atomic mass is 32.2. The van der Waals surface area contributed by atoms with Crippen molar-refractivity contribution in [3.8, 4) is 0 Å². The summed E-state index contributed by atoms with van der Waals surface area (Å²) >= 11 is 0. The van der Waals surface area contributed by atoms with Crippen molar-refractivity contribution in [3.05, 3.63) is 48.4 Å². The van der Waals surface area contributed by atoms with E-state index in [2.05, 4.69) is 4.98 Å². The second-order valence-corrected chi connectivity index (χ2v) is 7.31. The van der Waals surface area contributed by atoms with Crippen LogP contribution in [0.5, 0.6) is 0 Å². The van der Waals surface area contributed by atoms with Crippen molar-refractivity contribution in [2.24, 2.45) is 7.05 Å². The van der Waals surface area contributed by atoms with Gasteiger partial charge in [0.15, 0.2) is 5.03 Å². The van der Waals surface area contributed by atoms with E-state index in [-0.39, 0.29) is 11.1 Å². The van der Waals surface area contributed by atoms with E-state index in [9.17, 15) is 8.42 Å². The van der Waals surface area contributed by atoms with Gasteiger partial charge in [-0.3, -0.25) is 0 Å². The number of morpholine rings is 1. The number of benzene rings is 1. The topological polar surface area (TPSA) is 64.4 Å². The Bertz CT molecular complexity index is 728. The largest absolute Gasteiger partial charge is 0.375 e. The number of imidazole rings is 1. The molecule has 7 heteroatoms. The number of nitrogens with zero attached hydrogens (tertiary/aromatic N) is 3. The first-order valence-corrected chi connectivity index (χ1v) is 8.63. The first kappa shape index (κ1) is 15.2. The molecule has 1 fully saturated rings. The zero-order valence-electron chi connectivity index (χ0n) is 12.4. The molecule has 0 unspecified atom stereocenters. The zero-order chi connectivity index (χ0) is 15.6. The minimum atomic E-state index is -3.55. The maximum atomic E-state index is 12.6. The monoisotopic (exact) mass is 321 g/mol. The molecule has 22 heavy (non-hydrogen) atoms. The van der Waals surface area contributed by atoms with Gasteiger partial charge in [0, 0.05) is 26.3 Å². The molecule has 1 aliphatic heterocycles. The molecular formula is C15H19N3O3S. The van der Waals surface area contributed by atoms with Crippen molar-refractivity contribution >= 4 is 10.0 Å². The lowest BCUT2D eigenvalue weighted by molar-refractivity contribution is -0.000556. The number of sulfonamides is 1. The fourth-order valence-electron chi connectivity index (χ4n) is 2.57. The molecule has 118 valence electrons. The van der Waals surface area contributed by atoms with Crippen LogP contribution in [-0.4, -0.2) is 48.1 Å². The van der Waals surface area contributed by atoms with Crippen molar-refractivity contribution in [1.29, 1.82) is 0 Å². The lowest BCUT2D eigenvalue weighted by Crippen LogP contribution is -2.46. The summed E-state index contributed by atoms with van der Waals surface area (Å²) in [5, 5.41) is 0.0929. The van der Waals surface area contributed by atoms with Gasteiger partial charge in [0.25, 0.3) is 10.0 Å². The third-order valence-corrected chi connectivity index (χ3v) is 5.44.